The lowest BCUT2D eigenvalue weighted by molar-refractivity contribution is -0.127. The number of hydrogen-bond donors (Lipinski definition) is 0. The minimum absolute atomic E-state index is 0.0533. The number of hydrogen-bond acceptors (Lipinski definition) is 4. The van der Waals surface area contributed by atoms with Crippen LogP contribution in [-0.2, 0) is 14.8 Å². The van der Waals surface area contributed by atoms with Crippen molar-refractivity contribution in [3.63, 3.8) is 0 Å². The van der Waals surface area contributed by atoms with Crippen molar-refractivity contribution in [1.82, 2.24) is 4.31 Å². The van der Waals surface area contributed by atoms with Gasteiger partial charge in [0.1, 0.15) is 6.54 Å². The molecule has 1 spiro atoms. The summed E-state index contributed by atoms with van der Waals surface area (Å²) in [7, 11) is -3.62. The SMILES string of the molecule is CC1(C)[C@@H]2CC[C@@]13CS(=O)(=O)N(C(=O)CN=C(c1ccccc1)c1ccccc1)[C@@H]3C2. The van der Waals surface area contributed by atoms with Crippen LogP contribution in [0, 0.1) is 16.7 Å². The van der Waals surface area contributed by atoms with Gasteiger partial charge in [0.15, 0.2) is 0 Å². The topological polar surface area (TPSA) is 66.8 Å². The minimum atomic E-state index is -3.62. The first-order valence-corrected chi connectivity index (χ1v) is 12.6. The van der Waals surface area contributed by atoms with E-state index in [0.717, 1.165) is 30.4 Å². The van der Waals surface area contributed by atoms with Crippen molar-refractivity contribution in [2.24, 2.45) is 21.7 Å². The first-order valence-electron chi connectivity index (χ1n) is 11.0. The number of nitrogens with zero attached hydrogens (tertiary/aromatic N) is 2. The molecule has 3 aliphatic rings. The zero-order chi connectivity index (χ0) is 21.9. The van der Waals surface area contributed by atoms with Gasteiger partial charge < -0.3 is 0 Å². The number of benzene rings is 2. The van der Waals surface area contributed by atoms with E-state index in [4.69, 9.17) is 0 Å². The number of carbonyl (C=O) groups is 1. The van der Waals surface area contributed by atoms with Gasteiger partial charge in [0, 0.05) is 16.5 Å². The Kier molecular flexibility index (Phi) is 4.63. The van der Waals surface area contributed by atoms with E-state index in [0.29, 0.717) is 11.6 Å². The lowest BCUT2D eigenvalue weighted by atomic mass is 9.69. The highest BCUT2D eigenvalue weighted by Crippen LogP contribution is 2.69. The molecule has 1 saturated heterocycles. The number of aliphatic imine (C=N–C) groups is 1. The standard InChI is InChI=1S/C25H28N2O3S/c1-24(2)20-13-14-25(24)17-31(29,30)27(21(25)15-20)22(28)16-26-23(18-9-5-3-6-10-18)19-11-7-4-8-12-19/h3-12,20-21H,13-17H2,1-2H3/t20-,21-,25+/m1/s1. The van der Waals surface area contributed by atoms with Crippen LogP contribution in [0.4, 0.5) is 0 Å². The molecule has 5 nitrogen and oxygen atoms in total. The van der Waals surface area contributed by atoms with Crippen LogP contribution in [0.1, 0.15) is 44.2 Å². The maximum Gasteiger partial charge on any atom is 0.257 e. The van der Waals surface area contributed by atoms with E-state index in [1.165, 1.54) is 4.31 Å². The van der Waals surface area contributed by atoms with Crippen LogP contribution in [0.2, 0.25) is 0 Å². The summed E-state index contributed by atoms with van der Waals surface area (Å²) in [6.45, 7) is 4.21. The van der Waals surface area contributed by atoms with Crippen LogP contribution in [0.25, 0.3) is 0 Å². The smallest absolute Gasteiger partial charge is 0.257 e. The van der Waals surface area contributed by atoms with E-state index in [9.17, 15) is 13.2 Å². The number of sulfonamides is 1. The summed E-state index contributed by atoms with van der Waals surface area (Å²) < 4.78 is 27.5. The van der Waals surface area contributed by atoms with Crippen molar-refractivity contribution in [3.05, 3.63) is 71.8 Å². The first kappa shape index (κ1) is 20.4. The Morgan fingerprint density at radius 2 is 1.61 bits per heavy atom. The Morgan fingerprint density at radius 3 is 2.16 bits per heavy atom. The molecule has 0 unspecified atom stereocenters. The number of rotatable bonds is 4. The Balaban J connectivity index is 1.47. The number of amides is 1. The second-order valence-corrected chi connectivity index (χ2v) is 11.6. The molecular weight excluding hydrogens is 408 g/mol. The lowest BCUT2D eigenvalue weighted by Crippen LogP contribution is -2.45. The summed E-state index contributed by atoms with van der Waals surface area (Å²) in [5.74, 6) is 0.166. The van der Waals surface area contributed by atoms with Crippen LogP contribution in [-0.4, -0.2) is 42.7 Å². The van der Waals surface area contributed by atoms with Gasteiger partial charge in [-0.1, -0.05) is 74.5 Å². The Bertz CT molecular complexity index is 1100. The van der Waals surface area contributed by atoms with Crippen LogP contribution in [0.5, 0.6) is 0 Å². The molecule has 1 aliphatic heterocycles. The van der Waals surface area contributed by atoms with Crippen molar-refractivity contribution in [1.29, 1.82) is 0 Å². The summed E-state index contributed by atoms with van der Waals surface area (Å²) in [6, 6.07) is 19.2. The predicted octanol–water partition coefficient (Wildman–Crippen LogP) is 3.89. The van der Waals surface area contributed by atoms with E-state index < -0.39 is 15.9 Å². The van der Waals surface area contributed by atoms with Crippen molar-refractivity contribution in [2.45, 2.75) is 39.2 Å². The second-order valence-electron chi connectivity index (χ2n) is 9.71. The molecule has 6 heteroatoms. The molecule has 2 aromatic carbocycles. The third kappa shape index (κ3) is 2.99. The molecule has 3 atom stereocenters. The van der Waals surface area contributed by atoms with E-state index >= 15 is 0 Å². The average Bonchev–Trinajstić information content (AvgIpc) is 3.23. The average molecular weight is 437 g/mol. The van der Waals surface area contributed by atoms with Gasteiger partial charge in [0.05, 0.1) is 17.5 Å². The summed E-state index contributed by atoms with van der Waals surface area (Å²) in [4.78, 5) is 17.9. The van der Waals surface area contributed by atoms with Gasteiger partial charge in [-0.2, -0.15) is 0 Å². The van der Waals surface area contributed by atoms with E-state index in [1.807, 2.05) is 60.7 Å². The van der Waals surface area contributed by atoms with E-state index in [1.54, 1.807) is 0 Å². The third-order valence-electron chi connectivity index (χ3n) is 8.12. The molecule has 3 fully saturated rings. The predicted molar refractivity (Wildman–Crippen MR) is 121 cm³/mol. The van der Waals surface area contributed by atoms with E-state index in [-0.39, 0.29) is 29.2 Å². The van der Waals surface area contributed by atoms with Crippen LogP contribution >= 0.6 is 0 Å². The Labute approximate surface area is 184 Å². The van der Waals surface area contributed by atoms with Gasteiger partial charge in [-0.05, 0) is 30.6 Å². The molecule has 1 heterocycles. The number of carbonyl (C=O) groups excluding carboxylic acids is 1. The zero-order valence-corrected chi connectivity index (χ0v) is 18.8. The van der Waals surface area contributed by atoms with Crippen LogP contribution < -0.4 is 0 Å². The maximum absolute atomic E-state index is 13.3. The van der Waals surface area contributed by atoms with E-state index in [2.05, 4.69) is 18.8 Å². The molecule has 5 rings (SSSR count). The molecule has 2 saturated carbocycles. The summed E-state index contributed by atoms with van der Waals surface area (Å²) >= 11 is 0. The van der Waals surface area contributed by atoms with Crippen molar-refractivity contribution in [3.8, 4) is 0 Å². The first-order chi connectivity index (χ1) is 14.8. The fourth-order valence-electron chi connectivity index (χ4n) is 6.37. The second kappa shape index (κ2) is 7.02. The molecule has 31 heavy (non-hydrogen) atoms. The third-order valence-corrected chi connectivity index (χ3v) is 10.1. The fourth-order valence-corrected chi connectivity index (χ4v) is 8.92. The lowest BCUT2D eigenvalue weighted by Gasteiger charge is -2.37. The molecule has 0 N–H and O–H groups in total. The quantitative estimate of drug-likeness (QED) is 0.683. The van der Waals surface area contributed by atoms with Gasteiger partial charge in [-0.3, -0.25) is 9.79 Å². The van der Waals surface area contributed by atoms with Crippen LogP contribution in [0.15, 0.2) is 65.7 Å². The fraction of sp³-hybridized carbons (Fsp3) is 0.440. The zero-order valence-electron chi connectivity index (χ0n) is 18.0. The molecular formula is C25H28N2O3S. The number of fused-ring (bicyclic) bond motifs is 1. The summed E-state index contributed by atoms with van der Waals surface area (Å²) in [6.07, 6.45) is 2.73. The van der Waals surface area contributed by atoms with Gasteiger partial charge >= 0.3 is 0 Å². The van der Waals surface area contributed by atoms with Gasteiger partial charge in [0.2, 0.25) is 10.0 Å². The molecule has 162 valence electrons. The van der Waals surface area contributed by atoms with Crippen molar-refractivity contribution < 1.29 is 13.2 Å². The molecule has 0 radical (unpaired) electrons. The Morgan fingerprint density at radius 1 is 1.03 bits per heavy atom. The van der Waals surface area contributed by atoms with Gasteiger partial charge in [0.25, 0.3) is 5.91 Å². The normalized spacial score (nSPS) is 29.5. The Hall–Kier alpha value is -2.47. The summed E-state index contributed by atoms with van der Waals surface area (Å²) in [5, 5.41) is 0. The summed E-state index contributed by atoms with van der Waals surface area (Å²) in [5.41, 5.74) is 2.15. The molecule has 2 aromatic rings. The van der Waals surface area contributed by atoms with Gasteiger partial charge in [-0.25, -0.2) is 12.7 Å². The van der Waals surface area contributed by atoms with Crippen molar-refractivity contribution in [2.75, 3.05) is 12.3 Å². The van der Waals surface area contributed by atoms with Gasteiger partial charge in [-0.15, -0.1) is 0 Å². The molecule has 2 aliphatic carbocycles. The van der Waals surface area contributed by atoms with Crippen molar-refractivity contribution >= 4 is 21.6 Å². The molecule has 0 aromatic heterocycles. The molecule has 2 bridgehead atoms. The highest BCUT2D eigenvalue weighted by Gasteiger charge is 2.72. The minimum Gasteiger partial charge on any atom is -0.274 e. The highest BCUT2D eigenvalue weighted by atomic mass is 32.2. The molecule has 1 amide bonds. The highest BCUT2D eigenvalue weighted by molar-refractivity contribution is 7.90. The largest absolute Gasteiger partial charge is 0.274 e. The maximum atomic E-state index is 13.3. The van der Waals surface area contributed by atoms with Crippen LogP contribution in [0.3, 0.4) is 0 Å². The monoisotopic (exact) mass is 436 g/mol.